The van der Waals surface area contributed by atoms with Crippen LogP contribution in [0.3, 0.4) is 0 Å². The molecule has 1 spiro atoms. The zero-order valence-corrected chi connectivity index (χ0v) is 85.4. The van der Waals surface area contributed by atoms with E-state index < -0.39 is 71.3 Å². The maximum atomic E-state index is 10.5. The van der Waals surface area contributed by atoms with E-state index in [-0.39, 0.29) is 50.1 Å². The maximum Gasteiger partial charge on any atom is 0.252 e. The molecular formula is C138H117B2N5. The van der Waals surface area contributed by atoms with Crippen LogP contribution in [0.25, 0.3) is 105 Å². The van der Waals surface area contributed by atoms with Crippen molar-refractivity contribution in [3.05, 3.63) is 461 Å². The summed E-state index contributed by atoms with van der Waals surface area (Å²) in [5.41, 5.74) is 42.7. The summed E-state index contributed by atoms with van der Waals surface area (Å²) in [6.07, 6.45) is 0. The van der Waals surface area contributed by atoms with Gasteiger partial charge in [0.2, 0.25) is 0 Å². The first-order valence-electron chi connectivity index (χ1n) is 55.5. The Kier molecular flexibility index (Phi) is 17.3. The van der Waals surface area contributed by atoms with E-state index in [1.54, 1.807) is 4.57 Å². The van der Waals surface area contributed by atoms with Crippen LogP contribution in [0.1, 0.15) is 190 Å². The number of anilines is 12. The average Bonchev–Trinajstić information content (AvgIpc) is 1.63. The van der Waals surface area contributed by atoms with Crippen LogP contribution in [0.15, 0.2) is 400 Å². The van der Waals surface area contributed by atoms with Gasteiger partial charge in [0.25, 0.3) is 13.4 Å². The van der Waals surface area contributed by atoms with Crippen LogP contribution in [0.4, 0.5) is 68.2 Å². The molecule has 6 bridgehead atoms. The Morgan fingerprint density at radius 2 is 0.634 bits per heavy atom. The average molecular weight is 1880 g/mol. The van der Waals surface area contributed by atoms with Gasteiger partial charge >= 0.3 is 0 Å². The molecule has 6 heterocycles. The Bertz CT molecular complexity index is 9190. The van der Waals surface area contributed by atoms with Crippen LogP contribution in [0, 0.1) is 0 Å². The summed E-state index contributed by atoms with van der Waals surface area (Å²) in [5, 5.41) is -0.0219. The van der Waals surface area contributed by atoms with E-state index in [1.165, 1.54) is 66.8 Å². The topological polar surface area (TPSA) is 17.9 Å². The highest BCUT2D eigenvalue weighted by Gasteiger charge is 2.56. The molecule has 5 aliphatic heterocycles. The summed E-state index contributed by atoms with van der Waals surface area (Å²) in [6, 6.07) is 131. The zero-order valence-electron chi connectivity index (χ0n) is 93.4. The van der Waals surface area contributed by atoms with Crippen LogP contribution in [0.5, 0.6) is 0 Å². The summed E-state index contributed by atoms with van der Waals surface area (Å²) in [6.45, 7) is 39.0. The van der Waals surface area contributed by atoms with E-state index >= 15 is 0 Å². The van der Waals surface area contributed by atoms with E-state index in [0.717, 1.165) is 173 Å². The quantitative estimate of drug-likeness (QED) is 0.141. The summed E-state index contributed by atoms with van der Waals surface area (Å²) >= 11 is 0. The number of aromatic nitrogens is 1. The van der Waals surface area contributed by atoms with Gasteiger partial charge in [-0.15, -0.1) is 0 Å². The molecule has 19 aromatic carbocycles. The molecule has 5 nitrogen and oxygen atoms in total. The third-order valence-electron chi connectivity index (χ3n) is 32.8. The van der Waals surface area contributed by atoms with Gasteiger partial charge in [-0.25, -0.2) is 0 Å². The second kappa shape index (κ2) is 31.4. The van der Waals surface area contributed by atoms with Crippen LogP contribution in [-0.2, 0) is 37.9 Å². The molecule has 0 saturated heterocycles. The summed E-state index contributed by atoms with van der Waals surface area (Å²) in [4.78, 5) is 10.5. The first-order valence-corrected chi connectivity index (χ1v) is 51.5. The highest BCUT2D eigenvalue weighted by Crippen LogP contribution is 2.67. The van der Waals surface area contributed by atoms with Crippen molar-refractivity contribution in [2.45, 2.75) is 156 Å². The minimum Gasteiger partial charge on any atom is -0.311 e. The lowest BCUT2D eigenvalue weighted by Crippen LogP contribution is -2.65. The molecule has 145 heavy (non-hydrogen) atoms. The number of rotatable bonds is 8. The van der Waals surface area contributed by atoms with E-state index in [2.05, 4.69) is 489 Å². The van der Waals surface area contributed by atoms with E-state index in [0.29, 0.717) is 5.69 Å². The predicted octanol–water partition coefficient (Wildman–Crippen LogP) is 32.8. The van der Waals surface area contributed by atoms with Gasteiger partial charge in [-0.2, -0.15) is 0 Å². The zero-order chi connectivity index (χ0) is 106. The first kappa shape index (κ1) is 79.8. The van der Waals surface area contributed by atoms with Gasteiger partial charge in [-0.1, -0.05) is 421 Å². The lowest BCUT2D eigenvalue weighted by molar-refractivity contribution is 0.547. The van der Waals surface area contributed by atoms with E-state index in [1.807, 2.05) is 0 Å². The molecule has 7 heteroatoms. The number of fused-ring (bicyclic) bond motifs is 27. The van der Waals surface area contributed by atoms with Gasteiger partial charge < -0.3 is 24.2 Å². The van der Waals surface area contributed by atoms with Crippen molar-refractivity contribution in [3.8, 4) is 83.6 Å². The fraction of sp³-hybridized carbons (Fsp3) is 0.174. The standard InChI is InChI=1S/C138H117B2N5/c1-132(2,3)89-71-90(133(4,5)6)74-94(73-89)142-117-67-42-38-63-111(117)139-114-82-113-119-83-120(114)145(122-70-88(69-121(142)128(122)139)97-58-44-59-103-100-55-32-37-62-109(100)138(126(97)103)107-60-35-30-53-98(107)99-54-31-36-61-108(99)138)131-106(86-49-26-20-27-50-86)81-110(136(13,14)15)127(125(131)87-51-28-21-29-52-87)137(16,17)93-72-91(134(7,8)9)75-95(76-93)143(119)123-79-96(141-115-65-40-33-56-101(115)102-57-34-41-66-116(102)141)80-124-129(123)140(113)112-64-39-43-68-118(112)144(124)130-104(84-45-22-18-23-46-84)77-92(135(10,11)12)78-105(130)85-47-24-19-25-48-85/h18-83H,1-17H3/i33D,34D,40D,41D,56D,57D,65D,66D. The Morgan fingerprint density at radius 3 is 1.14 bits per heavy atom. The van der Waals surface area contributed by atoms with Crippen LogP contribution >= 0.6 is 0 Å². The molecule has 0 saturated carbocycles. The van der Waals surface area contributed by atoms with Crippen molar-refractivity contribution in [2.75, 3.05) is 19.6 Å². The molecular weight excluding hydrogens is 1750 g/mol. The summed E-state index contributed by atoms with van der Waals surface area (Å²) < 4.78 is 82.1. The van der Waals surface area contributed by atoms with Gasteiger partial charge in [-0.3, -0.25) is 0 Å². The van der Waals surface area contributed by atoms with Crippen molar-refractivity contribution in [2.24, 2.45) is 0 Å². The van der Waals surface area contributed by atoms with Crippen LogP contribution < -0.4 is 52.4 Å². The van der Waals surface area contributed by atoms with Gasteiger partial charge in [0, 0.05) is 95.3 Å². The third-order valence-corrected chi connectivity index (χ3v) is 32.8. The highest BCUT2D eigenvalue weighted by molar-refractivity contribution is 7.03. The molecule has 0 fully saturated rings. The van der Waals surface area contributed by atoms with E-state index in [4.69, 9.17) is 0 Å². The molecule has 0 amide bonds. The lowest BCUT2D eigenvalue weighted by atomic mass is 9.30. The van der Waals surface area contributed by atoms with Gasteiger partial charge in [0.1, 0.15) is 0 Å². The second-order valence-corrected chi connectivity index (χ2v) is 46.9. The maximum absolute atomic E-state index is 10.5. The number of para-hydroxylation sites is 4. The Labute approximate surface area is 866 Å². The fourth-order valence-electron chi connectivity index (χ4n) is 25.9. The number of hydrogen-bond acceptors (Lipinski definition) is 4. The molecule has 7 aliphatic rings. The molecule has 0 unspecified atom stereocenters. The number of nitrogens with zero attached hydrogens (tertiary/aromatic N) is 5. The minimum absolute atomic E-state index is 0.0109. The molecule has 700 valence electrons. The lowest BCUT2D eigenvalue weighted by Gasteiger charge is -2.49. The van der Waals surface area contributed by atoms with Gasteiger partial charge in [-0.05, 0) is 274 Å². The normalized spacial score (nSPS) is 15.3. The molecule has 2 aliphatic carbocycles. The van der Waals surface area contributed by atoms with Gasteiger partial charge in [0.05, 0.1) is 44.5 Å². The molecule has 0 radical (unpaired) electrons. The molecule has 1 aromatic heterocycles. The fourth-order valence-corrected chi connectivity index (χ4v) is 25.9. The summed E-state index contributed by atoms with van der Waals surface area (Å²) in [5.74, 6) is 0. The smallest absolute Gasteiger partial charge is 0.252 e. The van der Waals surface area contributed by atoms with Crippen molar-refractivity contribution in [1.29, 1.82) is 0 Å². The van der Waals surface area contributed by atoms with Gasteiger partial charge in [0.15, 0.2) is 0 Å². The Morgan fingerprint density at radius 1 is 0.255 bits per heavy atom. The Balaban J connectivity index is 0.878. The number of hydrogen-bond donors (Lipinski definition) is 0. The molecule has 0 atom stereocenters. The predicted molar refractivity (Wildman–Crippen MR) is 618 cm³/mol. The summed E-state index contributed by atoms with van der Waals surface area (Å²) in [7, 11) is 0. The molecule has 0 N–H and O–H groups in total. The van der Waals surface area contributed by atoms with Crippen molar-refractivity contribution in [1.82, 2.24) is 4.57 Å². The van der Waals surface area contributed by atoms with Crippen molar-refractivity contribution < 1.29 is 11.0 Å². The van der Waals surface area contributed by atoms with E-state index in [9.17, 15) is 11.0 Å². The third kappa shape index (κ3) is 13.0. The van der Waals surface area contributed by atoms with Crippen LogP contribution in [0.2, 0.25) is 0 Å². The minimum atomic E-state index is -0.919. The van der Waals surface area contributed by atoms with Crippen molar-refractivity contribution in [3.63, 3.8) is 0 Å². The molecule has 27 rings (SSSR count). The second-order valence-electron chi connectivity index (χ2n) is 46.9. The van der Waals surface area contributed by atoms with Crippen LogP contribution in [-0.4, -0.2) is 18.0 Å². The first-order chi connectivity index (χ1) is 73.2. The number of benzene rings is 19. The SMILES string of the molecule is [2H]c1c([2H])c([2H])c2c(c1[2H])c1c([2H])c([2H])c([2H])c([2H])c1n2-c1cc2c3c(c1)N(c1c(-c4ccccc4)cc(C(C)(C)C)cc1-c1ccccc1)c1ccccc1B3c1cc3c4cc1N2c1cc(C(C)(C)C)cc(c1)C(C)(C)c1c(C(C)(C)C)cc(-c2ccccc2)c(c1-c1ccccc1)N4c1cc(-c2cccc4c2C2(c5ccccc5-c5ccccc52)c2ccccc2-4)cc2c1B3c1ccccc1N2c1cc(C(C)(C)C)cc(C(C)(C)C)c1. The Hall–Kier alpha value is -15.7. The van der Waals surface area contributed by atoms with Crippen molar-refractivity contribution >= 4 is 136 Å². The highest BCUT2D eigenvalue weighted by atomic mass is 15.2. The largest absolute Gasteiger partial charge is 0.311 e. The monoisotopic (exact) mass is 1870 g/mol. The molecule has 20 aromatic rings.